The zero-order valence-electron chi connectivity index (χ0n) is 11.0. The molecule has 106 valence electrons. The number of carbonyl (C=O) groups excluding carboxylic acids is 1. The summed E-state index contributed by atoms with van der Waals surface area (Å²) in [6, 6.07) is 5.30. The van der Waals surface area contributed by atoms with Gasteiger partial charge in [0, 0.05) is 29.7 Å². The highest BCUT2D eigenvalue weighted by Gasteiger charge is 2.12. The van der Waals surface area contributed by atoms with Crippen molar-refractivity contribution in [2.75, 3.05) is 20.3 Å². The van der Waals surface area contributed by atoms with Crippen LogP contribution in [-0.2, 0) is 16.1 Å². The number of rotatable bonds is 7. The van der Waals surface area contributed by atoms with Crippen molar-refractivity contribution in [3.8, 4) is 0 Å². The largest absolute Gasteiger partial charge is 0.383 e. The van der Waals surface area contributed by atoms with Gasteiger partial charge in [-0.25, -0.2) is 0 Å². The average molecular weight is 350 g/mol. The van der Waals surface area contributed by atoms with Crippen molar-refractivity contribution < 1.29 is 9.53 Å². The highest BCUT2D eigenvalue weighted by molar-refractivity contribution is 9.10. The van der Waals surface area contributed by atoms with E-state index in [1.54, 1.807) is 7.11 Å². The van der Waals surface area contributed by atoms with E-state index in [0.29, 0.717) is 24.7 Å². The van der Waals surface area contributed by atoms with Crippen LogP contribution in [0.4, 0.5) is 0 Å². The number of hydrogen-bond acceptors (Lipinski definition) is 3. The molecular weight excluding hydrogens is 332 g/mol. The standard InChI is InChI=1S/C13H18BrClN2O2/c1-9(13(18)16-5-6-19-2)17-8-10-7-11(15)3-4-12(10)14/h3-4,7,9,17H,5-6,8H2,1-2H3,(H,16,18). The normalized spacial score (nSPS) is 12.2. The number of carbonyl (C=O) groups is 1. The van der Waals surface area contributed by atoms with E-state index in [1.165, 1.54) is 0 Å². The summed E-state index contributed by atoms with van der Waals surface area (Å²) in [5, 5.41) is 6.61. The van der Waals surface area contributed by atoms with E-state index in [0.717, 1.165) is 10.0 Å². The van der Waals surface area contributed by atoms with Gasteiger partial charge in [0.2, 0.25) is 5.91 Å². The fourth-order valence-electron chi connectivity index (χ4n) is 1.46. The maximum atomic E-state index is 11.7. The van der Waals surface area contributed by atoms with Crippen LogP contribution >= 0.6 is 27.5 Å². The van der Waals surface area contributed by atoms with Gasteiger partial charge in [0.15, 0.2) is 0 Å². The minimum Gasteiger partial charge on any atom is -0.383 e. The predicted octanol–water partition coefficient (Wildman–Crippen LogP) is 2.34. The minimum absolute atomic E-state index is 0.0461. The molecule has 0 heterocycles. The van der Waals surface area contributed by atoms with Crippen molar-refractivity contribution in [2.45, 2.75) is 19.5 Å². The Morgan fingerprint density at radius 1 is 1.53 bits per heavy atom. The van der Waals surface area contributed by atoms with Gasteiger partial charge >= 0.3 is 0 Å². The molecule has 1 aromatic rings. The SMILES string of the molecule is COCCNC(=O)C(C)NCc1cc(Cl)ccc1Br. The highest BCUT2D eigenvalue weighted by Crippen LogP contribution is 2.20. The molecule has 0 saturated carbocycles. The van der Waals surface area contributed by atoms with Crippen LogP contribution in [-0.4, -0.2) is 32.2 Å². The third kappa shape index (κ3) is 5.91. The molecule has 1 aromatic carbocycles. The van der Waals surface area contributed by atoms with Crippen LogP contribution in [0.25, 0.3) is 0 Å². The second-order valence-electron chi connectivity index (χ2n) is 4.12. The molecule has 0 aliphatic heterocycles. The van der Waals surface area contributed by atoms with Crippen LogP contribution in [0.1, 0.15) is 12.5 Å². The molecule has 1 atom stereocenters. The Kier molecular flexibility index (Phi) is 7.38. The van der Waals surface area contributed by atoms with Crippen LogP contribution in [0.3, 0.4) is 0 Å². The van der Waals surface area contributed by atoms with E-state index in [-0.39, 0.29) is 11.9 Å². The molecule has 0 spiro atoms. The summed E-state index contributed by atoms with van der Waals surface area (Å²) in [6.45, 7) is 3.42. The second kappa shape index (κ2) is 8.53. The number of ether oxygens (including phenoxy) is 1. The van der Waals surface area contributed by atoms with Crippen LogP contribution in [0.2, 0.25) is 5.02 Å². The van der Waals surface area contributed by atoms with Crippen molar-refractivity contribution in [1.82, 2.24) is 10.6 Å². The van der Waals surface area contributed by atoms with Gasteiger partial charge in [0.25, 0.3) is 0 Å². The summed E-state index contributed by atoms with van der Waals surface area (Å²) in [5.74, 6) is -0.0461. The van der Waals surface area contributed by atoms with Gasteiger partial charge in [0.1, 0.15) is 0 Å². The summed E-state index contributed by atoms with van der Waals surface area (Å²) in [5.41, 5.74) is 1.02. The van der Waals surface area contributed by atoms with Crippen LogP contribution < -0.4 is 10.6 Å². The highest BCUT2D eigenvalue weighted by atomic mass is 79.9. The number of hydrogen-bond donors (Lipinski definition) is 2. The molecule has 0 fully saturated rings. The van der Waals surface area contributed by atoms with Gasteiger partial charge < -0.3 is 15.4 Å². The molecule has 1 unspecified atom stereocenters. The first-order valence-electron chi connectivity index (χ1n) is 5.98. The second-order valence-corrected chi connectivity index (χ2v) is 5.41. The van der Waals surface area contributed by atoms with E-state index < -0.39 is 0 Å². The third-order valence-electron chi connectivity index (χ3n) is 2.61. The topological polar surface area (TPSA) is 50.4 Å². The summed E-state index contributed by atoms with van der Waals surface area (Å²) < 4.78 is 5.84. The summed E-state index contributed by atoms with van der Waals surface area (Å²) in [4.78, 5) is 11.7. The molecule has 0 aliphatic carbocycles. The van der Waals surface area contributed by atoms with E-state index in [2.05, 4.69) is 26.6 Å². The first-order valence-corrected chi connectivity index (χ1v) is 7.15. The van der Waals surface area contributed by atoms with Gasteiger partial charge in [-0.2, -0.15) is 0 Å². The molecule has 0 bridgehead atoms. The molecule has 0 saturated heterocycles. The molecule has 1 amide bonds. The molecule has 4 nitrogen and oxygen atoms in total. The quantitative estimate of drug-likeness (QED) is 0.743. The van der Waals surface area contributed by atoms with Gasteiger partial charge in [0.05, 0.1) is 12.6 Å². The maximum Gasteiger partial charge on any atom is 0.236 e. The zero-order chi connectivity index (χ0) is 14.3. The number of amides is 1. The Labute approximate surface area is 127 Å². The number of halogens is 2. The van der Waals surface area contributed by atoms with Crippen LogP contribution in [0.15, 0.2) is 22.7 Å². The maximum absolute atomic E-state index is 11.7. The van der Waals surface area contributed by atoms with Crippen LogP contribution in [0.5, 0.6) is 0 Å². The van der Waals surface area contributed by atoms with Crippen molar-refractivity contribution in [2.24, 2.45) is 0 Å². The van der Waals surface area contributed by atoms with Crippen LogP contribution in [0, 0.1) is 0 Å². The van der Waals surface area contributed by atoms with E-state index in [9.17, 15) is 4.79 Å². The monoisotopic (exact) mass is 348 g/mol. The Hall–Kier alpha value is -0.620. The summed E-state index contributed by atoms with van der Waals surface area (Å²) in [6.07, 6.45) is 0. The summed E-state index contributed by atoms with van der Waals surface area (Å²) >= 11 is 9.39. The molecule has 0 aliphatic rings. The van der Waals surface area contributed by atoms with Gasteiger partial charge in [-0.3, -0.25) is 4.79 Å². The lowest BCUT2D eigenvalue weighted by Gasteiger charge is -2.14. The summed E-state index contributed by atoms with van der Waals surface area (Å²) in [7, 11) is 1.60. The third-order valence-corrected chi connectivity index (χ3v) is 3.61. The molecule has 19 heavy (non-hydrogen) atoms. The van der Waals surface area contributed by atoms with Crippen molar-refractivity contribution in [1.29, 1.82) is 0 Å². The molecule has 0 aromatic heterocycles. The number of methoxy groups -OCH3 is 1. The smallest absolute Gasteiger partial charge is 0.236 e. The lowest BCUT2D eigenvalue weighted by molar-refractivity contribution is -0.122. The first kappa shape index (κ1) is 16.4. The molecule has 1 rings (SSSR count). The van der Waals surface area contributed by atoms with Crippen molar-refractivity contribution in [3.05, 3.63) is 33.3 Å². The molecule has 6 heteroatoms. The van der Waals surface area contributed by atoms with Crippen molar-refractivity contribution >= 4 is 33.4 Å². The lowest BCUT2D eigenvalue weighted by Crippen LogP contribution is -2.42. The van der Waals surface area contributed by atoms with E-state index >= 15 is 0 Å². The fraction of sp³-hybridized carbons (Fsp3) is 0.462. The Balaban J connectivity index is 2.42. The van der Waals surface area contributed by atoms with Crippen molar-refractivity contribution in [3.63, 3.8) is 0 Å². The first-order chi connectivity index (χ1) is 9.04. The Morgan fingerprint density at radius 3 is 2.95 bits per heavy atom. The lowest BCUT2D eigenvalue weighted by atomic mass is 10.2. The van der Waals surface area contributed by atoms with Gasteiger partial charge in [-0.05, 0) is 30.7 Å². The Morgan fingerprint density at radius 2 is 2.26 bits per heavy atom. The van der Waals surface area contributed by atoms with E-state index in [1.807, 2.05) is 25.1 Å². The zero-order valence-corrected chi connectivity index (χ0v) is 13.3. The molecule has 2 N–H and O–H groups in total. The average Bonchev–Trinajstić information content (AvgIpc) is 2.39. The fourth-order valence-corrected chi connectivity index (χ4v) is 2.05. The molecule has 0 radical (unpaired) electrons. The van der Waals surface area contributed by atoms with E-state index in [4.69, 9.17) is 16.3 Å². The number of benzene rings is 1. The minimum atomic E-state index is -0.275. The van der Waals surface area contributed by atoms with Gasteiger partial charge in [-0.1, -0.05) is 27.5 Å². The van der Waals surface area contributed by atoms with Gasteiger partial charge in [-0.15, -0.1) is 0 Å². The Bertz CT molecular complexity index is 429. The number of nitrogens with one attached hydrogen (secondary N) is 2. The molecular formula is C13H18BrClN2O2. The predicted molar refractivity (Wildman–Crippen MR) is 80.3 cm³/mol.